The van der Waals surface area contributed by atoms with Gasteiger partial charge >= 0.3 is 0 Å². The van der Waals surface area contributed by atoms with Crippen LogP contribution in [0.15, 0.2) is 24.3 Å². The molecule has 0 radical (unpaired) electrons. The van der Waals surface area contributed by atoms with E-state index < -0.39 is 0 Å². The first-order valence-corrected chi connectivity index (χ1v) is 8.29. The summed E-state index contributed by atoms with van der Waals surface area (Å²) >= 11 is 0. The fraction of sp³-hybridized carbons (Fsp3) is 0.667. The quantitative estimate of drug-likeness (QED) is 0.877. The molecule has 1 N–H and O–H groups in total. The van der Waals surface area contributed by atoms with E-state index in [-0.39, 0.29) is 0 Å². The van der Waals surface area contributed by atoms with Crippen LogP contribution in [-0.2, 0) is 0 Å². The molecule has 2 heteroatoms. The third kappa shape index (κ3) is 2.71. The lowest BCUT2D eigenvalue weighted by molar-refractivity contribution is 0.216. The summed E-state index contributed by atoms with van der Waals surface area (Å²) in [6, 6.07) is 8.99. The van der Waals surface area contributed by atoms with E-state index in [1.165, 1.54) is 49.9 Å². The van der Waals surface area contributed by atoms with Gasteiger partial charge < -0.3 is 10.2 Å². The molecule has 1 aromatic rings. The van der Waals surface area contributed by atoms with Crippen LogP contribution >= 0.6 is 0 Å². The summed E-state index contributed by atoms with van der Waals surface area (Å²) in [7, 11) is 0. The summed E-state index contributed by atoms with van der Waals surface area (Å²) in [5.41, 5.74) is 3.36. The second-order valence-corrected chi connectivity index (χ2v) is 6.90. The Kier molecular flexibility index (Phi) is 4.02. The second-order valence-electron chi connectivity index (χ2n) is 6.90. The average Bonchev–Trinajstić information content (AvgIpc) is 2.48. The zero-order valence-corrected chi connectivity index (χ0v) is 13.0. The molecule has 0 bridgehead atoms. The molecule has 1 aliphatic carbocycles. The average molecular weight is 272 g/mol. The lowest BCUT2D eigenvalue weighted by Gasteiger charge is -2.47. The normalized spacial score (nSPS) is 22.4. The molecule has 1 aliphatic heterocycles. The molecule has 2 nitrogen and oxygen atoms in total. The van der Waals surface area contributed by atoms with Crippen LogP contribution < -0.4 is 10.2 Å². The summed E-state index contributed by atoms with van der Waals surface area (Å²) in [4.78, 5) is 2.64. The van der Waals surface area contributed by atoms with Crippen LogP contribution in [0.5, 0.6) is 0 Å². The van der Waals surface area contributed by atoms with E-state index in [9.17, 15) is 0 Å². The monoisotopic (exact) mass is 272 g/mol. The lowest BCUT2D eigenvalue weighted by atomic mass is 9.80. The van der Waals surface area contributed by atoms with Gasteiger partial charge in [0.1, 0.15) is 0 Å². The molecule has 3 rings (SSSR count). The van der Waals surface area contributed by atoms with Gasteiger partial charge in [0.25, 0.3) is 0 Å². The Bertz CT molecular complexity index is 441. The van der Waals surface area contributed by atoms with Gasteiger partial charge in [-0.2, -0.15) is 0 Å². The number of rotatable bonds is 2. The van der Waals surface area contributed by atoms with Crippen LogP contribution in [0.1, 0.15) is 57.4 Å². The summed E-state index contributed by atoms with van der Waals surface area (Å²) in [6.07, 6.45) is 6.92. The van der Waals surface area contributed by atoms with Gasteiger partial charge in [0.15, 0.2) is 0 Å². The first-order valence-electron chi connectivity index (χ1n) is 8.29. The molecular weight excluding hydrogens is 244 g/mol. The summed E-state index contributed by atoms with van der Waals surface area (Å²) in [5.74, 6) is 0.600. The number of benzene rings is 1. The van der Waals surface area contributed by atoms with E-state index in [0.717, 1.165) is 13.1 Å². The van der Waals surface area contributed by atoms with Crippen molar-refractivity contribution >= 4 is 5.69 Å². The number of nitrogens with zero attached hydrogens (tertiary/aromatic N) is 1. The number of hydrogen-bond donors (Lipinski definition) is 1. The van der Waals surface area contributed by atoms with Gasteiger partial charge in [0.05, 0.1) is 0 Å². The Labute approximate surface area is 123 Å². The maximum Gasteiger partial charge on any atom is 0.0402 e. The summed E-state index contributed by atoms with van der Waals surface area (Å²) < 4.78 is 0. The van der Waals surface area contributed by atoms with Crippen LogP contribution in [0.3, 0.4) is 0 Å². The molecule has 1 saturated carbocycles. The van der Waals surface area contributed by atoms with Crippen molar-refractivity contribution in [3.63, 3.8) is 0 Å². The zero-order valence-electron chi connectivity index (χ0n) is 13.0. The van der Waals surface area contributed by atoms with Crippen LogP contribution in [0.4, 0.5) is 5.69 Å². The van der Waals surface area contributed by atoms with Gasteiger partial charge in [-0.3, -0.25) is 0 Å². The molecule has 0 amide bonds. The van der Waals surface area contributed by atoms with Crippen molar-refractivity contribution in [3.05, 3.63) is 29.8 Å². The van der Waals surface area contributed by atoms with Crippen molar-refractivity contribution in [3.8, 4) is 0 Å². The molecule has 0 atom stereocenters. The minimum absolute atomic E-state index is 0.389. The van der Waals surface area contributed by atoms with Gasteiger partial charge in [0.2, 0.25) is 0 Å². The van der Waals surface area contributed by atoms with Gasteiger partial charge in [-0.1, -0.05) is 51.3 Å². The summed E-state index contributed by atoms with van der Waals surface area (Å²) in [6.45, 7) is 8.07. The largest absolute Gasteiger partial charge is 0.368 e. The van der Waals surface area contributed by atoms with Crippen LogP contribution in [-0.4, -0.2) is 25.2 Å². The summed E-state index contributed by atoms with van der Waals surface area (Å²) in [5, 5.41) is 3.84. The molecule has 1 heterocycles. The molecule has 1 spiro atoms. The molecule has 1 saturated heterocycles. The number of piperazine rings is 1. The van der Waals surface area contributed by atoms with E-state index in [0.29, 0.717) is 11.5 Å². The highest BCUT2D eigenvalue weighted by Gasteiger charge is 2.36. The smallest absolute Gasteiger partial charge is 0.0402 e. The van der Waals surface area contributed by atoms with E-state index in [2.05, 4.69) is 48.3 Å². The molecule has 20 heavy (non-hydrogen) atoms. The van der Waals surface area contributed by atoms with Crippen molar-refractivity contribution in [1.29, 1.82) is 0 Å². The molecule has 110 valence electrons. The molecule has 0 aromatic heterocycles. The first-order chi connectivity index (χ1) is 9.70. The second kappa shape index (κ2) is 5.77. The number of anilines is 1. The lowest BCUT2D eigenvalue weighted by Crippen LogP contribution is -2.61. The fourth-order valence-electron chi connectivity index (χ4n) is 3.99. The van der Waals surface area contributed by atoms with Gasteiger partial charge in [0, 0.05) is 30.9 Å². The molecule has 2 fully saturated rings. The Morgan fingerprint density at radius 3 is 2.60 bits per heavy atom. The Morgan fingerprint density at radius 1 is 1.10 bits per heavy atom. The van der Waals surface area contributed by atoms with Gasteiger partial charge in [-0.15, -0.1) is 0 Å². The van der Waals surface area contributed by atoms with Crippen molar-refractivity contribution in [2.45, 2.75) is 57.4 Å². The van der Waals surface area contributed by atoms with Crippen LogP contribution in [0, 0.1) is 0 Å². The third-order valence-corrected chi connectivity index (χ3v) is 5.09. The molecule has 1 aromatic carbocycles. The predicted octanol–water partition coefficient (Wildman–Crippen LogP) is 3.92. The van der Waals surface area contributed by atoms with Crippen molar-refractivity contribution in [2.24, 2.45) is 0 Å². The van der Waals surface area contributed by atoms with E-state index in [1.807, 2.05) is 0 Å². The number of hydrogen-bond acceptors (Lipinski definition) is 2. The maximum atomic E-state index is 3.84. The standard InChI is InChI=1S/C18H28N2/c1-15(2)16-8-4-5-9-17(16)20-13-12-19-18(14-20)10-6-3-7-11-18/h4-5,8-9,15,19H,3,6-7,10-14H2,1-2H3. The molecule has 0 unspecified atom stereocenters. The minimum Gasteiger partial charge on any atom is -0.368 e. The zero-order chi connectivity index (χ0) is 14.0. The van der Waals surface area contributed by atoms with E-state index in [1.54, 1.807) is 0 Å². The number of nitrogens with one attached hydrogen (secondary N) is 1. The SMILES string of the molecule is CC(C)c1ccccc1N1CCNC2(CCCCC2)C1. The third-order valence-electron chi connectivity index (χ3n) is 5.09. The van der Waals surface area contributed by atoms with Gasteiger partial charge in [-0.25, -0.2) is 0 Å². The molecular formula is C18H28N2. The van der Waals surface area contributed by atoms with E-state index in [4.69, 9.17) is 0 Å². The topological polar surface area (TPSA) is 15.3 Å². The first kappa shape index (κ1) is 13.9. The Balaban J connectivity index is 1.83. The van der Waals surface area contributed by atoms with Crippen molar-refractivity contribution in [1.82, 2.24) is 5.32 Å². The highest BCUT2D eigenvalue weighted by atomic mass is 15.2. The van der Waals surface area contributed by atoms with E-state index >= 15 is 0 Å². The van der Waals surface area contributed by atoms with Gasteiger partial charge in [-0.05, 0) is 30.4 Å². The minimum atomic E-state index is 0.389. The van der Waals surface area contributed by atoms with Crippen molar-refractivity contribution < 1.29 is 0 Å². The van der Waals surface area contributed by atoms with Crippen molar-refractivity contribution in [2.75, 3.05) is 24.5 Å². The predicted molar refractivity (Wildman–Crippen MR) is 86.6 cm³/mol. The Hall–Kier alpha value is -1.02. The maximum absolute atomic E-state index is 3.84. The van der Waals surface area contributed by atoms with Crippen LogP contribution in [0.2, 0.25) is 0 Å². The fourth-order valence-corrected chi connectivity index (χ4v) is 3.99. The Morgan fingerprint density at radius 2 is 1.85 bits per heavy atom. The molecule has 2 aliphatic rings. The van der Waals surface area contributed by atoms with Crippen LogP contribution in [0.25, 0.3) is 0 Å². The highest BCUT2D eigenvalue weighted by Crippen LogP contribution is 2.34. The number of para-hydroxylation sites is 1. The highest BCUT2D eigenvalue weighted by molar-refractivity contribution is 5.55.